The van der Waals surface area contributed by atoms with Gasteiger partial charge in [-0.2, -0.15) is 13.2 Å². The van der Waals surface area contributed by atoms with Gasteiger partial charge < -0.3 is 5.32 Å². The Morgan fingerprint density at radius 2 is 1.52 bits per heavy atom. The molecule has 2 aromatic carbocycles. The van der Waals surface area contributed by atoms with E-state index in [0.29, 0.717) is 5.92 Å². The van der Waals surface area contributed by atoms with Crippen molar-refractivity contribution >= 4 is 5.69 Å². The van der Waals surface area contributed by atoms with E-state index in [-0.39, 0.29) is 11.7 Å². The van der Waals surface area contributed by atoms with Crippen LogP contribution in [0.4, 0.5) is 18.9 Å². The molecule has 0 heterocycles. The smallest absolute Gasteiger partial charge is 0.377 e. The third kappa shape index (κ3) is 3.20. The molecule has 0 spiro atoms. The summed E-state index contributed by atoms with van der Waals surface area (Å²) in [5, 5.41) is 3.11. The van der Waals surface area contributed by atoms with Gasteiger partial charge in [-0.05, 0) is 36.5 Å². The van der Waals surface area contributed by atoms with Crippen LogP contribution in [0.1, 0.15) is 30.0 Å². The maximum Gasteiger partial charge on any atom is 0.418 e. The van der Waals surface area contributed by atoms with Gasteiger partial charge in [-0.25, -0.2) is 0 Å². The molecule has 2 aromatic rings. The fraction of sp³-hybridized carbons (Fsp3) is 0.294. The van der Waals surface area contributed by atoms with E-state index in [2.05, 4.69) is 5.32 Å². The highest BCUT2D eigenvalue weighted by molar-refractivity contribution is 5.54. The number of nitrogens with one attached hydrogen (secondary N) is 1. The number of benzene rings is 2. The van der Waals surface area contributed by atoms with Crippen molar-refractivity contribution in [2.24, 2.45) is 5.92 Å². The van der Waals surface area contributed by atoms with Crippen LogP contribution in [0.2, 0.25) is 0 Å². The SMILES string of the molecule is FC(F)(F)c1ccccc1NC(c1ccccc1)C1CC1. The molecule has 0 amide bonds. The molecule has 21 heavy (non-hydrogen) atoms. The Morgan fingerprint density at radius 1 is 0.905 bits per heavy atom. The van der Waals surface area contributed by atoms with E-state index in [1.165, 1.54) is 12.1 Å². The molecule has 0 radical (unpaired) electrons. The Hall–Kier alpha value is -1.97. The Balaban J connectivity index is 1.91. The molecule has 0 saturated heterocycles. The average Bonchev–Trinajstić information content (AvgIpc) is 3.30. The molecule has 1 N–H and O–H groups in total. The van der Waals surface area contributed by atoms with E-state index in [1.807, 2.05) is 30.3 Å². The molecule has 1 nitrogen and oxygen atoms in total. The summed E-state index contributed by atoms with van der Waals surface area (Å²) >= 11 is 0. The van der Waals surface area contributed by atoms with E-state index in [4.69, 9.17) is 0 Å². The van der Waals surface area contributed by atoms with Gasteiger partial charge in [0.05, 0.1) is 11.6 Å². The Labute approximate surface area is 121 Å². The first-order chi connectivity index (χ1) is 10.1. The van der Waals surface area contributed by atoms with Gasteiger partial charge in [-0.3, -0.25) is 0 Å². The molecule has 0 aromatic heterocycles. The molecule has 4 heteroatoms. The number of hydrogen-bond donors (Lipinski definition) is 1. The maximum atomic E-state index is 13.1. The van der Waals surface area contributed by atoms with Gasteiger partial charge in [0.1, 0.15) is 0 Å². The lowest BCUT2D eigenvalue weighted by atomic mass is 10.0. The lowest BCUT2D eigenvalue weighted by Crippen LogP contribution is -2.16. The summed E-state index contributed by atoms with van der Waals surface area (Å²) in [4.78, 5) is 0. The van der Waals surface area contributed by atoms with Crippen molar-refractivity contribution in [2.75, 3.05) is 5.32 Å². The van der Waals surface area contributed by atoms with Crippen molar-refractivity contribution in [2.45, 2.75) is 25.1 Å². The minimum absolute atomic E-state index is 0.0605. The van der Waals surface area contributed by atoms with Crippen molar-refractivity contribution in [1.82, 2.24) is 0 Å². The normalized spacial score (nSPS) is 16.5. The lowest BCUT2D eigenvalue weighted by Gasteiger charge is -2.22. The quantitative estimate of drug-likeness (QED) is 0.809. The molecule has 1 fully saturated rings. The van der Waals surface area contributed by atoms with E-state index < -0.39 is 11.7 Å². The van der Waals surface area contributed by atoms with E-state index in [1.54, 1.807) is 6.07 Å². The number of rotatable bonds is 4. The standard InChI is InChI=1S/C17H16F3N/c18-17(19,20)14-8-4-5-9-15(14)21-16(13-10-11-13)12-6-2-1-3-7-12/h1-9,13,16,21H,10-11H2. The van der Waals surface area contributed by atoms with Gasteiger partial charge in [0, 0.05) is 5.69 Å². The number of alkyl halides is 3. The van der Waals surface area contributed by atoms with Crippen LogP contribution in [0.25, 0.3) is 0 Å². The molecular weight excluding hydrogens is 275 g/mol. The summed E-state index contributed by atoms with van der Waals surface area (Å²) in [5.41, 5.74) is 0.592. The minimum Gasteiger partial charge on any atom is -0.377 e. The van der Waals surface area contributed by atoms with Gasteiger partial charge >= 0.3 is 6.18 Å². The molecule has 1 saturated carbocycles. The van der Waals surface area contributed by atoms with Crippen LogP contribution in [0.15, 0.2) is 54.6 Å². The third-order valence-corrected chi connectivity index (χ3v) is 3.80. The second kappa shape index (κ2) is 5.43. The maximum absolute atomic E-state index is 13.1. The fourth-order valence-corrected chi connectivity index (χ4v) is 2.59. The molecule has 1 aliphatic carbocycles. The van der Waals surface area contributed by atoms with Gasteiger partial charge in [0.15, 0.2) is 0 Å². The fourth-order valence-electron chi connectivity index (χ4n) is 2.59. The zero-order valence-electron chi connectivity index (χ0n) is 11.4. The Kier molecular flexibility index (Phi) is 3.62. The van der Waals surface area contributed by atoms with E-state index in [0.717, 1.165) is 24.5 Å². The highest BCUT2D eigenvalue weighted by Crippen LogP contribution is 2.44. The summed E-state index contributed by atoms with van der Waals surface area (Å²) in [6, 6.07) is 15.3. The number of anilines is 1. The highest BCUT2D eigenvalue weighted by Gasteiger charge is 2.36. The van der Waals surface area contributed by atoms with Crippen LogP contribution in [0.5, 0.6) is 0 Å². The summed E-state index contributed by atoms with van der Waals surface area (Å²) in [6.07, 6.45) is -2.23. The van der Waals surface area contributed by atoms with Gasteiger partial charge in [0.25, 0.3) is 0 Å². The molecular formula is C17H16F3N. The Morgan fingerprint density at radius 3 is 2.14 bits per heavy atom. The predicted octanol–water partition coefficient (Wildman–Crippen LogP) is 5.27. The summed E-state index contributed by atoms with van der Waals surface area (Å²) in [6.45, 7) is 0. The van der Waals surface area contributed by atoms with Gasteiger partial charge in [-0.15, -0.1) is 0 Å². The van der Waals surface area contributed by atoms with Crippen molar-refractivity contribution in [3.8, 4) is 0 Å². The molecule has 110 valence electrons. The molecule has 0 bridgehead atoms. The van der Waals surface area contributed by atoms with Crippen LogP contribution in [-0.2, 0) is 6.18 Å². The Bertz CT molecular complexity index is 603. The lowest BCUT2D eigenvalue weighted by molar-refractivity contribution is -0.137. The highest BCUT2D eigenvalue weighted by atomic mass is 19.4. The predicted molar refractivity (Wildman–Crippen MR) is 77.0 cm³/mol. The minimum atomic E-state index is -4.34. The van der Waals surface area contributed by atoms with Crippen LogP contribution < -0.4 is 5.32 Å². The average molecular weight is 291 g/mol. The van der Waals surface area contributed by atoms with Crippen LogP contribution >= 0.6 is 0 Å². The second-order valence-corrected chi connectivity index (χ2v) is 5.41. The third-order valence-electron chi connectivity index (χ3n) is 3.80. The molecule has 1 atom stereocenters. The van der Waals surface area contributed by atoms with Gasteiger partial charge in [0.2, 0.25) is 0 Å². The van der Waals surface area contributed by atoms with Crippen LogP contribution in [0.3, 0.4) is 0 Å². The first kappa shape index (κ1) is 14.0. The van der Waals surface area contributed by atoms with Crippen LogP contribution in [0, 0.1) is 5.92 Å². The zero-order chi connectivity index (χ0) is 14.9. The first-order valence-corrected chi connectivity index (χ1v) is 7.03. The zero-order valence-corrected chi connectivity index (χ0v) is 11.4. The topological polar surface area (TPSA) is 12.0 Å². The molecule has 0 aliphatic heterocycles. The summed E-state index contributed by atoms with van der Waals surface area (Å²) < 4.78 is 39.2. The van der Waals surface area contributed by atoms with Crippen LogP contribution in [-0.4, -0.2) is 0 Å². The molecule has 1 unspecified atom stereocenters. The number of para-hydroxylation sites is 1. The molecule has 3 rings (SSSR count). The summed E-state index contributed by atoms with van der Waals surface area (Å²) in [5.74, 6) is 0.411. The van der Waals surface area contributed by atoms with Crippen molar-refractivity contribution in [1.29, 1.82) is 0 Å². The van der Waals surface area contributed by atoms with E-state index >= 15 is 0 Å². The van der Waals surface area contributed by atoms with Gasteiger partial charge in [-0.1, -0.05) is 42.5 Å². The van der Waals surface area contributed by atoms with Crippen molar-refractivity contribution in [3.05, 3.63) is 65.7 Å². The van der Waals surface area contributed by atoms with E-state index in [9.17, 15) is 13.2 Å². The second-order valence-electron chi connectivity index (χ2n) is 5.41. The number of hydrogen-bond acceptors (Lipinski definition) is 1. The first-order valence-electron chi connectivity index (χ1n) is 7.03. The van der Waals surface area contributed by atoms with Crippen molar-refractivity contribution < 1.29 is 13.2 Å². The van der Waals surface area contributed by atoms with Crippen molar-refractivity contribution in [3.63, 3.8) is 0 Å². The summed E-state index contributed by atoms with van der Waals surface area (Å²) in [7, 11) is 0. The molecule has 1 aliphatic rings. The largest absolute Gasteiger partial charge is 0.418 e. The monoisotopic (exact) mass is 291 g/mol. The number of halogens is 3.